The van der Waals surface area contributed by atoms with Crippen LogP contribution in [0.1, 0.15) is 56.3 Å². The molecule has 1 aliphatic heterocycles. The van der Waals surface area contributed by atoms with E-state index in [1.807, 2.05) is 29.9 Å². The van der Waals surface area contributed by atoms with E-state index >= 15 is 0 Å². The molecule has 4 nitrogen and oxygen atoms in total. The zero-order valence-corrected chi connectivity index (χ0v) is 16.2. The Kier molecular flexibility index (Phi) is 5.08. The van der Waals surface area contributed by atoms with E-state index in [1.165, 1.54) is 31.2 Å². The quantitative estimate of drug-likeness (QED) is 0.890. The van der Waals surface area contributed by atoms with Gasteiger partial charge in [-0.1, -0.05) is 25.0 Å². The van der Waals surface area contributed by atoms with Crippen LogP contribution in [0.15, 0.2) is 36.7 Å². The Hall–Kier alpha value is -1.72. The molecule has 2 fully saturated rings. The maximum atomic E-state index is 13.4. The van der Waals surface area contributed by atoms with Crippen LogP contribution in [0, 0.1) is 5.82 Å². The molecule has 2 aromatic rings. The first kappa shape index (κ1) is 18.6. The lowest BCUT2D eigenvalue weighted by Gasteiger charge is -2.36. The smallest absolute Gasteiger partial charge is 0.140 e. The van der Waals surface area contributed by atoms with Crippen LogP contribution in [0.3, 0.4) is 0 Å². The first-order chi connectivity index (χ1) is 13.0. The number of aliphatic hydroxyl groups is 1. The van der Waals surface area contributed by atoms with Crippen LogP contribution < -0.4 is 0 Å². The minimum atomic E-state index is -0.842. The predicted octanol–water partition coefficient (Wildman–Crippen LogP) is 3.74. The van der Waals surface area contributed by atoms with Crippen LogP contribution in [0.2, 0.25) is 0 Å². The summed E-state index contributed by atoms with van der Waals surface area (Å²) in [7, 11) is 1.95. The molecule has 2 heterocycles. The van der Waals surface area contributed by atoms with Crippen LogP contribution in [0.4, 0.5) is 4.39 Å². The summed E-state index contributed by atoms with van der Waals surface area (Å²) < 4.78 is 15.4. The zero-order valence-electron chi connectivity index (χ0n) is 16.2. The standard InChI is InChI=1S/C22H30FN3O/c1-25-16-13-24-20(25)22(27)11-4-14-26(15-12-22)17-21(9-2-3-10-21)18-5-7-19(23)8-6-18/h5-8,13,16,27H,2-4,9-12,14-15,17H2,1H3. The molecule has 0 spiro atoms. The lowest BCUT2D eigenvalue weighted by molar-refractivity contribution is 0.00936. The summed E-state index contributed by atoms with van der Waals surface area (Å²) in [6, 6.07) is 7.14. The topological polar surface area (TPSA) is 41.3 Å². The number of rotatable bonds is 4. The van der Waals surface area contributed by atoms with E-state index in [0.29, 0.717) is 6.42 Å². The van der Waals surface area contributed by atoms with Gasteiger partial charge in [-0.3, -0.25) is 0 Å². The van der Waals surface area contributed by atoms with E-state index in [0.717, 1.165) is 38.3 Å². The Morgan fingerprint density at radius 2 is 1.78 bits per heavy atom. The van der Waals surface area contributed by atoms with E-state index in [1.54, 1.807) is 18.3 Å². The number of aromatic nitrogens is 2. The highest BCUT2D eigenvalue weighted by molar-refractivity contribution is 5.28. The van der Waals surface area contributed by atoms with Crippen molar-refractivity contribution in [2.24, 2.45) is 7.05 Å². The second-order valence-electron chi connectivity index (χ2n) is 8.52. The molecular formula is C22H30FN3O. The Balaban J connectivity index is 1.50. The molecule has 1 aliphatic carbocycles. The molecule has 0 radical (unpaired) electrons. The predicted molar refractivity (Wildman–Crippen MR) is 104 cm³/mol. The van der Waals surface area contributed by atoms with Crippen LogP contribution in [0.5, 0.6) is 0 Å². The summed E-state index contributed by atoms with van der Waals surface area (Å²) in [4.78, 5) is 6.92. The van der Waals surface area contributed by atoms with Gasteiger partial charge < -0.3 is 14.6 Å². The Morgan fingerprint density at radius 3 is 2.44 bits per heavy atom. The molecule has 0 amide bonds. The Bertz CT molecular complexity index is 766. The van der Waals surface area contributed by atoms with Crippen molar-refractivity contribution in [3.05, 3.63) is 53.9 Å². The molecule has 1 aromatic heterocycles. The monoisotopic (exact) mass is 371 g/mol. The van der Waals surface area contributed by atoms with Gasteiger partial charge in [-0.2, -0.15) is 0 Å². The second kappa shape index (κ2) is 7.36. The number of hydrogen-bond donors (Lipinski definition) is 1. The highest BCUT2D eigenvalue weighted by Crippen LogP contribution is 2.42. The fourth-order valence-corrected chi connectivity index (χ4v) is 5.19. The van der Waals surface area contributed by atoms with Crippen LogP contribution >= 0.6 is 0 Å². The Morgan fingerprint density at radius 1 is 1.04 bits per heavy atom. The second-order valence-corrected chi connectivity index (χ2v) is 8.52. The van der Waals surface area contributed by atoms with Crippen molar-refractivity contribution < 1.29 is 9.50 Å². The van der Waals surface area contributed by atoms with E-state index in [2.05, 4.69) is 9.88 Å². The first-order valence-electron chi connectivity index (χ1n) is 10.2. The summed E-state index contributed by atoms with van der Waals surface area (Å²) in [5.41, 5.74) is 0.551. The average molecular weight is 372 g/mol. The molecule has 0 bridgehead atoms. The molecular weight excluding hydrogens is 341 g/mol. The van der Waals surface area contributed by atoms with Gasteiger partial charge in [-0.25, -0.2) is 9.37 Å². The summed E-state index contributed by atoms with van der Waals surface area (Å²) in [5, 5.41) is 11.2. The highest BCUT2D eigenvalue weighted by atomic mass is 19.1. The van der Waals surface area contributed by atoms with Gasteiger partial charge in [-0.05, 0) is 56.3 Å². The fourth-order valence-electron chi connectivity index (χ4n) is 5.19. The third-order valence-electron chi connectivity index (χ3n) is 6.69. The molecule has 1 unspecified atom stereocenters. The summed E-state index contributed by atoms with van der Waals surface area (Å²) in [5.74, 6) is 0.611. The summed E-state index contributed by atoms with van der Waals surface area (Å²) in [6.45, 7) is 2.86. The van der Waals surface area contributed by atoms with E-state index < -0.39 is 5.60 Å². The molecule has 27 heavy (non-hydrogen) atoms. The van der Waals surface area contributed by atoms with Crippen LogP contribution in [0.25, 0.3) is 0 Å². The third kappa shape index (κ3) is 3.67. The minimum absolute atomic E-state index is 0.124. The van der Waals surface area contributed by atoms with Crippen molar-refractivity contribution in [2.75, 3.05) is 19.6 Å². The molecule has 5 heteroatoms. The van der Waals surface area contributed by atoms with Crippen molar-refractivity contribution in [1.82, 2.24) is 14.5 Å². The molecule has 1 N–H and O–H groups in total. The van der Waals surface area contributed by atoms with Crippen molar-refractivity contribution >= 4 is 0 Å². The number of imidazole rings is 1. The fraction of sp³-hybridized carbons (Fsp3) is 0.591. The molecule has 1 atom stereocenters. The molecule has 4 rings (SSSR count). The van der Waals surface area contributed by atoms with Crippen LogP contribution in [-0.2, 0) is 18.1 Å². The third-order valence-corrected chi connectivity index (χ3v) is 6.69. The highest BCUT2D eigenvalue weighted by Gasteiger charge is 2.40. The normalized spacial score (nSPS) is 26.2. The maximum absolute atomic E-state index is 13.4. The van der Waals surface area contributed by atoms with Gasteiger partial charge in [0.15, 0.2) is 0 Å². The van der Waals surface area contributed by atoms with Crippen molar-refractivity contribution in [3.8, 4) is 0 Å². The molecule has 1 aromatic carbocycles. The van der Waals surface area contributed by atoms with Gasteiger partial charge in [0.2, 0.25) is 0 Å². The minimum Gasteiger partial charge on any atom is -0.382 e. The Labute approximate surface area is 161 Å². The number of likely N-dealkylation sites (tertiary alicyclic amines) is 1. The number of benzene rings is 1. The number of aryl methyl sites for hydroxylation is 1. The van der Waals surface area contributed by atoms with Gasteiger partial charge >= 0.3 is 0 Å². The molecule has 2 aliphatic rings. The molecule has 1 saturated heterocycles. The number of hydrogen-bond acceptors (Lipinski definition) is 3. The lowest BCUT2D eigenvalue weighted by atomic mass is 9.78. The first-order valence-corrected chi connectivity index (χ1v) is 10.2. The van der Waals surface area contributed by atoms with Gasteiger partial charge in [0.1, 0.15) is 17.2 Å². The number of halogens is 1. The van der Waals surface area contributed by atoms with E-state index in [4.69, 9.17) is 0 Å². The van der Waals surface area contributed by atoms with E-state index in [-0.39, 0.29) is 11.2 Å². The van der Waals surface area contributed by atoms with Crippen molar-refractivity contribution in [2.45, 2.75) is 56.0 Å². The van der Waals surface area contributed by atoms with Crippen LogP contribution in [-0.4, -0.2) is 39.2 Å². The zero-order chi connectivity index (χ0) is 18.9. The van der Waals surface area contributed by atoms with Crippen molar-refractivity contribution in [3.63, 3.8) is 0 Å². The van der Waals surface area contributed by atoms with Gasteiger partial charge in [-0.15, -0.1) is 0 Å². The number of nitrogens with zero attached hydrogens (tertiary/aromatic N) is 3. The lowest BCUT2D eigenvalue weighted by Crippen LogP contribution is -2.40. The summed E-state index contributed by atoms with van der Waals surface area (Å²) >= 11 is 0. The summed E-state index contributed by atoms with van der Waals surface area (Å²) in [6.07, 6.45) is 10.9. The SMILES string of the molecule is Cn1ccnc1C1(O)CCCN(CC2(c3ccc(F)cc3)CCCC2)CC1. The maximum Gasteiger partial charge on any atom is 0.140 e. The largest absolute Gasteiger partial charge is 0.382 e. The van der Waals surface area contributed by atoms with Gasteiger partial charge in [0.05, 0.1) is 0 Å². The van der Waals surface area contributed by atoms with Crippen molar-refractivity contribution in [1.29, 1.82) is 0 Å². The molecule has 1 saturated carbocycles. The molecule has 146 valence electrons. The van der Waals surface area contributed by atoms with Gasteiger partial charge in [0.25, 0.3) is 0 Å². The average Bonchev–Trinajstić information content (AvgIpc) is 3.26. The van der Waals surface area contributed by atoms with Gasteiger partial charge in [0, 0.05) is 37.9 Å². The van der Waals surface area contributed by atoms with E-state index in [9.17, 15) is 9.50 Å².